The van der Waals surface area contributed by atoms with Crippen LogP contribution in [0.3, 0.4) is 0 Å². The minimum absolute atomic E-state index is 0.0422. The second-order valence-corrected chi connectivity index (χ2v) is 7.65. The van der Waals surface area contributed by atoms with Crippen LogP contribution in [0.1, 0.15) is 42.7 Å². The molecule has 0 aliphatic heterocycles. The zero-order valence-corrected chi connectivity index (χ0v) is 12.8. The van der Waals surface area contributed by atoms with Crippen molar-refractivity contribution >= 4 is 21.1 Å². The number of carbonyl (C=O) groups excluding carboxylic acids is 1. The lowest BCUT2D eigenvalue weighted by molar-refractivity contribution is 0.0992. The van der Waals surface area contributed by atoms with Gasteiger partial charge in [-0.3, -0.25) is 4.79 Å². The summed E-state index contributed by atoms with van der Waals surface area (Å²) >= 11 is 0. The molecule has 0 radical (unpaired) electrons. The molecule has 1 atom stereocenters. The van der Waals surface area contributed by atoms with Crippen LogP contribution in [0.15, 0.2) is 24.4 Å². The maximum atomic E-state index is 12.6. The van der Waals surface area contributed by atoms with Gasteiger partial charge in [-0.1, -0.05) is 19.9 Å². The van der Waals surface area contributed by atoms with Crippen molar-refractivity contribution < 1.29 is 13.2 Å². The molecular weight excluding hydrogens is 276 g/mol. The number of fused-ring (bicyclic) bond motifs is 1. The minimum atomic E-state index is -3.43. The molecule has 0 saturated heterocycles. The van der Waals surface area contributed by atoms with E-state index < -0.39 is 20.9 Å². The van der Waals surface area contributed by atoms with Gasteiger partial charge >= 0.3 is 0 Å². The van der Waals surface area contributed by atoms with Crippen molar-refractivity contribution in [2.24, 2.45) is 0 Å². The largest absolute Gasteiger partial charge is 0.293 e. The molecule has 0 bridgehead atoms. The monoisotopic (exact) mass is 294 g/mol. The highest BCUT2D eigenvalue weighted by atomic mass is 32.2. The fourth-order valence-corrected chi connectivity index (χ4v) is 2.58. The molecular formula is C14H18N2O3S. The Morgan fingerprint density at radius 2 is 1.90 bits per heavy atom. The lowest BCUT2D eigenvalue weighted by Crippen LogP contribution is -2.27. The van der Waals surface area contributed by atoms with E-state index in [9.17, 15) is 13.2 Å². The van der Waals surface area contributed by atoms with Gasteiger partial charge in [0.05, 0.1) is 16.8 Å². The van der Waals surface area contributed by atoms with E-state index >= 15 is 0 Å². The topological polar surface area (TPSA) is 68.5 Å². The zero-order chi connectivity index (χ0) is 15.1. The van der Waals surface area contributed by atoms with Crippen LogP contribution in [-0.4, -0.2) is 35.3 Å². The molecule has 5 nitrogen and oxygen atoms in total. The third-order valence-corrected chi connectivity index (χ3v) is 4.87. The van der Waals surface area contributed by atoms with E-state index in [-0.39, 0.29) is 5.92 Å². The predicted octanol–water partition coefficient (Wildman–Crippen LogP) is 2.07. The zero-order valence-electron chi connectivity index (χ0n) is 12.0. The molecule has 2 aromatic heterocycles. The van der Waals surface area contributed by atoms with E-state index in [4.69, 9.17) is 0 Å². The normalized spacial score (nSPS) is 13.8. The Morgan fingerprint density at radius 3 is 2.45 bits per heavy atom. The Balaban J connectivity index is 2.69. The van der Waals surface area contributed by atoms with Crippen molar-refractivity contribution in [3.05, 3.63) is 35.7 Å². The molecule has 2 aromatic rings. The molecule has 0 aromatic carbocycles. The summed E-state index contributed by atoms with van der Waals surface area (Å²) in [5.41, 5.74) is 1.70. The molecule has 2 heterocycles. The van der Waals surface area contributed by atoms with Crippen molar-refractivity contribution in [3.63, 3.8) is 0 Å². The van der Waals surface area contributed by atoms with Gasteiger partial charge in [-0.25, -0.2) is 12.9 Å². The molecule has 0 N–H and O–H groups in total. The minimum Gasteiger partial charge on any atom is -0.293 e. The van der Waals surface area contributed by atoms with Crippen LogP contribution in [0, 0.1) is 0 Å². The van der Waals surface area contributed by atoms with Crippen LogP contribution >= 0.6 is 0 Å². The van der Waals surface area contributed by atoms with E-state index in [2.05, 4.69) is 5.10 Å². The van der Waals surface area contributed by atoms with Crippen LogP contribution in [0.2, 0.25) is 0 Å². The maximum Gasteiger partial charge on any atom is 0.184 e. The van der Waals surface area contributed by atoms with Gasteiger partial charge in [-0.15, -0.1) is 0 Å². The third kappa shape index (κ3) is 2.47. The number of ketones is 1. The lowest BCUT2D eigenvalue weighted by Gasteiger charge is -2.10. The second kappa shape index (κ2) is 5.01. The summed E-state index contributed by atoms with van der Waals surface area (Å²) in [6.07, 6.45) is 2.83. The quantitative estimate of drug-likeness (QED) is 0.810. The first-order chi connectivity index (χ1) is 9.23. The first-order valence-corrected chi connectivity index (χ1v) is 8.39. The van der Waals surface area contributed by atoms with Crippen LogP contribution in [0.25, 0.3) is 5.52 Å². The highest BCUT2D eigenvalue weighted by Gasteiger charge is 2.30. The van der Waals surface area contributed by atoms with Gasteiger partial charge in [0.15, 0.2) is 15.6 Å². The van der Waals surface area contributed by atoms with Gasteiger partial charge in [0.1, 0.15) is 5.25 Å². The molecule has 108 valence electrons. The Hall–Kier alpha value is -1.69. The van der Waals surface area contributed by atoms with Gasteiger partial charge < -0.3 is 0 Å². The van der Waals surface area contributed by atoms with E-state index in [0.29, 0.717) is 16.8 Å². The lowest BCUT2D eigenvalue weighted by atomic mass is 10.00. The van der Waals surface area contributed by atoms with Crippen molar-refractivity contribution in [3.8, 4) is 0 Å². The molecule has 0 spiro atoms. The van der Waals surface area contributed by atoms with Gasteiger partial charge in [0.2, 0.25) is 0 Å². The number of pyridine rings is 1. The van der Waals surface area contributed by atoms with Crippen LogP contribution < -0.4 is 0 Å². The Labute approximate surface area is 118 Å². The summed E-state index contributed by atoms with van der Waals surface area (Å²) in [5.74, 6) is -0.349. The molecule has 0 aliphatic rings. The number of hydrogen-bond donors (Lipinski definition) is 0. The average molecular weight is 294 g/mol. The van der Waals surface area contributed by atoms with Gasteiger partial charge in [0, 0.05) is 12.5 Å². The molecule has 0 fully saturated rings. The Kier molecular flexibility index (Phi) is 3.69. The molecule has 0 saturated carbocycles. The van der Waals surface area contributed by atoms with Crippen LogP contribution in [0.4, 0.5) is 0 Å². The third-order valence-electron chi connectivity index (χ3n) is 3.37. The summed E-state index contributed by atoms with van der Waals surface area (Å²) in [6, 6.07) is 5.41. The molecule has 0 amide bonds. The molecule has 20 heavy (non-hydrogen) atoms. The number of rotatable bonds is 4. The van der Waals surface area contributed by atoms with E-state index in [0.717, 1.165) is 6.26 Å². The summed E-state index contributed by atoms with van der Waals surface area (Å²) in [7, 11) is -3.43. The molecule has 6 heteroatoms. The number of Topliss-reactive ketones (excluding diaryl/α,β-unsaturated/α-hetero) is 1. The average Bonchev–Trinajstić information content (AvgIpc) is 2.75. The Bertz CT molecular complexity index is 760. The summed E-state index contributed by atoms with van der Waals surface area (Å²) < 4.78 is 24.9. The number of sulfone groups is 1. The summed E-state index contributed by atoms with van der Waals surface area (Å²) in [5, 5.41) is 3.34. The first-order valence-electron chi connectivity index (χ1n) is 6.43. The van der Waals surface area contributed by atoms with Gasteiger partial charge in [-0.05, 0) is 25.0 Å². The van der Waals surface area contributed by atoms with Gasteiger partial charge in [-0.2, -0.15) is 5.10 Å². The van der Waals surface area contributed by atoms with E-state index in [1.165, 1.54) is 6.92 Å². The van der Waals surface area contributed by atoms with Gasteiger partial charge in [0.25, 0.3) is 0 Å². The van der Waals surface area contributed by atoms with Crippen LogP contribution in [0.5, 0.6) is 0 Å². The first kappa shape index (κ1) is 14.7. The van der Waals surface area contributed by atoms with Crippen molar-refractivity contribution in [1.29, 1.82) is 0 Å². The summed E-state index contributed by atoms with van der Waals surface area (Å²) in [4.78, 5) is 12.6. The van der Waals surface area contributed by atoms with Crippen molar-refractivity contribution in [2.75, 3.05) is 6.26 Å². The number of aromatic nitrogens is 2. The Morgan fingerprint density at radius 1 is 1.25 bits per heavy atom. The van der Waals surface area contributed by atoms with Crippen molar-refractivity contribution in [2.45, 2.75) is 31.9 Å². The fraction of sp³-hybridized carbons (Fsp3) is 0.429. The SMILES string of the molecule is CC(C)c1nn2ccccc2c1C(=O)C(C)S(C)(=O)=O. The standard InChI is InChI=1S/C14H18N2O3S/c1-9(2)13-12(14(17)10(3)20(4,18)19)11-7-5-6-8-16(11)15-13/h5-10H,1-4H3. The maximum absolute atomic E-state index is 12.6. The summed E-state index contributed by atoms with van der Waals surface area (Å²) in [6.45, 7) is 5.29. The van der Waals surface area contributed by atoms with E-state index in [1.54, 1.807) is 16.8 Å². The van der Waals surface area contributed by atoms with E-state index in [1.807, 2.05) is 26.0 Å². The molecule has 0 aliphatic carbocycles. The molecule has 2 rings (SSSR count). The second-order valence-electron chi connectivity index (χ2n) is 5.28. The number of nitrogens with zero attached hydrogens (tertiary/aromatic N) is 2. The van der Waals surface area contributed by atoms with Crippen molar-refractivity contribution in [1.82, 2.24) is 9.61 Å². The predicted molar refractivity (Wildman–Crippen MR) is 77.9 cm³/mol. The fourth-order valence-electron chi connectivity index (χ4n) is 2.07. The van der Waals surface area contributed by atoms with Crippen LogP contribution in [-0.2, 0) is 9.84 Å². The smallest absolute Gasteiger partial charge is 0.184 e. The highest BCUT2D eigenvalue weighted by molar-refractivity contribution is 7.92. The highest BCUT2D eigenvalue weighted by Crippen LogP contribution is 2.25. The number of hydrogen-bond acceptors (Lipinski definition) is 4. The molecule has 1 unspecified atom stereocenters. The number of carbonyl (C=O) groups is 1.